The molecule has 2 aromatic carbocycles. The Hall–Kier alpha value is -2.29. The average Bonchev–Trinajstić information content (AvgIpc) is 2.59. The molecule has 0 saturated carbocycles. The van der Waals surface area contributed by atoms with E-state index < -0.39 is 0 Å². The Balaban J connectivity index is 1.90. The number of carbonyl (C=O) groups excluding carboxylic acids is 1. The first-order valence-electron chi connectivity index (χ1n) is 8.65. The van der Waals surface area contributed by atoms with Crippen LogP contribution in [0.4, 0.5) is 0 Å². The smallest absolute Gasteiger partial charge is 0.343 e. The normalized spacial score (nSPS) is 10.7. The first-order valence-corrected chi connectivity index (χ1v) is 8.65. The third kappa shape index (κ3) is 5.41. The van der Waals surface area contributed by atoms with E-state index in [1.54, 1.807) is 12.1 Å². The molecule has 0 bridgehead atoms. The minimum Gasteiger partial charge on any atom is -0.494 e. The molecule has 2 rings (SSSR count). The van der Waals surface area contributed by atoms with E-state index in [-0.39, 0.29) is 5.97 Å². The summed E-state index contributed by atoms with van der Waals surface area (Å²) in [5.74, 6) is 1.44. The molecule has 0 unspecified atom stereocenters. The summed E-state index contributed by atoms with van der Waals surface area (Å²) in [6.45, 7) is 7.14. The Bertz CT molecular complexity index is 627. The lowest BCUT2D eigenvalue weighted by atomic mass is 10.0. The zero-order chi connectivity index (χ0) is 17.4. The van der Waals surface area contributed by atoms with Crippen molar-refractivity contribution in [1.82, 2.24) is 0 Å². The maximum atomic E-state index is 12.2. The first-order chi connectivity index (χ1) is 11.6. The van der Waals surface area contributed by atoms with Gasteiger partial charge in [0.1, 0.15) is 11.5 Å². The van der Waals surface area contributed by atoms with Crippen molar-refractivity contribution in [3.05, 3.63) is 59.7 Å². The van der Waals surface area contributed by atoms with E-state index in [2.05, 4.69) is 20.8 Å². The van der Waals surface area contributed by atoms with Gasteiger partial charge in [0, 0.05) is 0 Å². The second kappa shape index (κ2) is 9.11. The average molecular weight is 326 g/mol. The SMILES string of the molecule is CCCCCOc1ccc(C(=O)Oc2ccc(C(C)C)cc2)cc1. The summed E-state index contributed by atoms with van der Waals surface area (Å²) in [7, 11) is 0. The fourth-order valence-electron chi connectivity index (χ4n) is 2.32. The number of hydrogen-bond donors (Lipinski definition) is 0. The van der Waals surface area contributed by atoms with Gasteiger partial charge >= 0.3 is 5.97 Å². The summed E-state index contributed by atoms with van der Waals surface area (Å²) < 4.78 is 11.1. The van der Waals surface area contributed by atoms with Crippen molar-refractivity contribution in [3.8, 4) is 11.5 Å². The molecule has 2 aromatic rings. The molecule has 0 heterocycles. The van der Waals surface area contributed by atoms with Gasteiger partial charge in [-0.05, 0) is 54.3 Å². The fraction of sp³-hybridized carbons (Fsp3) is 0.381. The Morgan fingerprint density at radius 1 is 0.917 bits per heavy atom. The van der Waals surface area contributed by atoms with Gasteiger partial charge in [0.2, 0.25) is 0 Å². The first kappa shape index (κ1) is 18.1. The molecule has 24 heavy (non-hydrogen) atoms. The molecule has 0 spiro atoms. The van der Waals surface area contributed by atoms with Gasteiger partial charge < -0.3 is 9.47 Å². The monoisotopic (exact) mass is 326 g/mol. The largest absolute Gasteiger partial charge is 0.494 e. The number of carbonyl (C=O) groups is 1. The predicted octanol–water partition coefficient (Wildman–Crippen LogP) is 5.60. The van der Waals surface area contributed by atoms with Gasteiger partial charge in [-0.1, -0.05) is 45.7 Å². The summed E-state index contributed by atoms with van der Waals surface area (Å²) in [6.07, 6.45) is 3.39. The van der Waals surface area contributed by atoms with E-state index in [0.29, 0.717) is 23.8 Å². The minimum atomic E-state index is -0.357. The fourth-order valence-corrected chi connectivity index (χ4v) is 2.32. The van der Waals surface area contributed by atoms with Crippen molar-refractivity contribution < 1.29 is 14.3 Å². The zero-order valence-corrected chi connectivity index (χ0v) is 14.7. The lowest BCUT2D eigenvalue weighted by molar-refractivity contribution is 0.0734. The van der Waals surface area contributed by atoms with Gasteiger partial charge in [-0.15, -0.1) is 0 Å². The standard InChI is InChI=1S/C21H26O3/c1-4-5-6-15-23-19-11-9-18(10-12-19)21(22)24-20-13-7-17(8-14-20)16(2)3/h7-14,16H,4-6,15H2,1-3H3. The number of ether oxygens (including phenoxy) is 2. The lowest BCUT2D eigenvalue weighted by Gasteiger charge is -2.09. The Morgan fingerprint density at radius 2 is 1.54 bits per heavy atom. The highest BCUT2D eigenvalue weighted by molar-refractivity contribution is 5.91. The van der Waals surface area contributed by atoms with Crippen molar-refractivity contribution in [1.29, 1.82) is 0 Å². The van der Waals surface area contributed by atoms with Crippen molar-refractivity contribution >= 4 is 5.97 Å². The van der Waals surface area contributed by atoms with Crippen molar-refractivity contribution in [2.24, 2.45) is 0 Å². The summed E-state index contributed by atoms with van der Waals surface area (Å²) in [5.41, 5.74) is 1.74. The van der Waals surface area contributed by atoms with Crippen LogP contribution in [0.15, 0.2) is 48.5 Å². The van der Waals surface area contributed by atoms with Crippen LogP contribution in [0.5, 0.6) is 11.5 Å². The second-order valence-electron chi connectivity index (χ2n) is 6.19. The van der Waals surface area contributed by atoms with Gasteiger partial charge in [0.15, 0.2) is 0 Å². The molecule has 3 nitrogen and oxygen atoms in total. The van der Waals surface area contributed by atoms with Crippen LogP contribution in [0, 0.1) is 0 Å². The Labute approximate surface area is 144 Å². The zero-order valence-electron chi connectivity index (χ0n) is 14.7. The lowest BCUT2D eigenvalue weighted by Crippen LogP contribution is -2.08. The molecule has 0 atom stereocenters. The van der Waals surface area contributed by atoms with Gasteiger partial charge in [0.05, 0.1) is 12.2 Å². The number of hydrogen-bond acceptors (Lipinski definition) is 3. The summed E-state index contributed by atoms with van der Waals surface area (Å²) in [4.78, 5) is 12.2. The van der Waals surface area contributed by atoms with Gasteiger partial charge in [-0.2, -0.15) is 0 Å². The van der Waals surface area contributed by atoms with Crippen LogP contribution in [-0.4, -0.2) is 12.6 Å². The van der Waals surface area contributed by atoms with Gasteiger partial charge in [-0.3, -0.25) is 0 Å². The van der Waals surface area contributed by atoms with E-state index in [9.17, 15) is 4.79 Å². The molecule has 128 valence electrons. The van der Waals surface area contributed by atoms with Crippen LogP contribution in [0.3, 0.4) is 0 Å². The van der Waals surface area contributed by atoms with Crippen LogP contribution in [0.25, 0.3) is 0 Å². The Kier molecular flexibility index (Phi) is 6.86. The molecular formula is C21H26O3. The Morgan fingerprint density at radius 3 is 2.12 bits per heavy atom. The van der Waals surface area contributed by atoms with E-state index in [0.717, 1.165) is 12.2 Å². The highest BCUT2D eigenvalue weighted by atomic mass is 16.5. The van der Waals surface area contributed by atoms with Crippen LogP contribution in [0.1, 0.15) is 61.9 Å². The number of esters is 1. The van der Waals surface area contributed by atoms with Gasteiger partial charge in [-0.25, -0.2) is 4.79 Å². The maximum absolute atomic E-state index is 12.2. The molecule has 0 aliphatic heterocycles. The van der Waals surface area contributed by atoms with Crippen LogP contribution in [0.2, 0.25) is 0 Å². The molecular weight excluding hydrogens is 300 g/mol. The van der Waals surface area contributed by atoms with Crippen molar-refractivity contribution in [3.63, 3.8) is 0 Å². The molecule has 0 radical (unpaired) electrons. The molecule has 0 N–H and O–H groups in total. The molecule has 0 fully saturated rings. The van der Waals surface area contributed by atoms with Crippen molar-refractivity contribution in [2.75, 3.05) is 6.61 Å². The molecule has 3 heteroatoms. The third-order valence-electron chi connectivity index (χ3n) is 3.86. The van der Waals surface area contributed by atoms with Crippen molar-refractivity contribution in [2.45, 2.75) is 46.0 Å². The third-order valence-corrected chi connectivity index (χ3v) is 3.86. The number of benzene rings is 2. The quantitative estimate of drug-likeness (QED) is 0.360. The number of unbranched alkanes of at least 4 members (excludes halogenated alkanes) is 2. The van der Waals surface area contributed by atoms with Crippen LogP contribution < -0.4 is 9.47 Å². The van der Waals surface area contributed by atoms with E-state index >= 15 is 0 Å². The highest BCUT2D eigenvalue weighted by Gasteiger charge is 2.09. The highest BCUT2D eigenvalue weighted by Crippen LogP contribution is 2.20. The van der Waals surface area contributed by atoms with Crippen LogP contribution >= 0.6 is 0 Å². The molecule has 0 saturated heterocycles. The summed E-state index contributed by atoms with van der Waals surface area (Å²) in [5, 5.41) is 0. The van der Waals surface area contributed by atoms with Crippen LogP contribution in [-0.2, 0) is 0 Å². The summed E-state index contributed by atoms with van der Waals surface area (Å²) >= 11 is 0. The minimum absolute atomic E-state index is 0.357. The van der Waals surface area contributed by atoms with E-state index in [4.69, 9.17) is 9.47 Å². The van der Waals surface area contributed by atoms with E-state index in [1.807, 2.05) is 36.4 Å². The van der Waals surface area contributed by atoms with Gasteiger partial charge in [0.25, 0.3) is 0 Å². The molecule has 0 aliphatic carbocycles. The molecule has 0 amide bonds. The second-order valence-corrected chi connectivity index (χ2v) is 6.19. The molecule has 0 aromatic heterocycles. The topological polar surface area (TPSA) is 35.5 Å². The van der Waals surface area contributed by atoms with E-state index in [1.165, 1.54) is 18.4 Å². The predicted molar refractivity (Wildman–Crippen MR) is 97.0 cm³/mol. The maximum Gasteiger partial charge on any atom is 0.343 e. The number of rotatable bonds is 8. The summed E-state index contributed by atoms with van der Waals surface area (Å²) in [6, 6.07) is 14.7. The molecule has 0 aliphatic rings.